The van der Waals surface area contributed by atoms with Crippen molar-refractivity contribution >= 4 is 40.4 Å². The van der Waals surface area contributed by atoms with Crippen molar-refractivity contribution in [2.24, 2.45) is 0 Å². The molecule has 0 radical (unpaired) electrons. The summed E-state index contributed by atoms with van der Waals surface area (Å²) in [6.07, 6.45) is 0.984. The first-order valence-electron chi connectivity index (χ1n) is 14.8. The SMILES string of the molecule is CCCc1nc2c(Cl)cc(N3Cc4ccccc4C3=O)cc2n1Cc1ccc(-c2ccccc2OC(=O)OC(C)(C)C)cc1. The molecule has 7 nitrogen and oxygen atoms in total. The maximum atomic E-state index is 13.2. The summed E-state index contributed by atoms with van der Waals surface area (Å²) in [6, 6.07) is 27.1. The van der Waals surface area contributed by atoms with Crippen LogP contribution in [0, 0.1) is 0 Å². The van der Waals surface area contributed by atoms with Gasteiger partial charge in [-0.3, -0.25) is 4.79 Å². The molecule has 4 aromatic carbocycles. The van der Waals surface area contributed by atoms with Crippen LogP contribution in [0.1, 0.15) is 61.4 Å². The van der Waals surface area contributed by atoms with E-state index in [1.807, 2.05) is 66.7 Å². The number of carbonyl (C=O) groups excluding carboxylic acids is 2. The lowest BCUT2D eigenvalue weighted by atomic mass is 10.0. The molecule has 0 spiro atoms. The molecule has 1 aliphatic heterocycles. The number of fused-ring (bicyclic) bond motifs is 2. The summed E-state index contributed by atoms with van der Waals surface area (Å²) < 4.78 is 13.1. The quantitative estimate of drug-likeness (QED) is 0.136. The van der Waals surface area contributed by atoms with Gasteiger partial charge in [0.15, 0.2) is 0 Å². The normalized spacial score (nSPS) is 12.9. The predicted octanol–water partition coefficient (Wildman–Crippen LogP) is 8.83. The number of anilines is 1. The van der Waals surface area contributed by atoms with Gasteiger partial charge in [-0.05, 0) is 68.1 Å². The number of hydrogen-bond acceptors (Lipinski definition) is 5. The molecule has 0 fully saturated rings. The van der Waals surface area contributed by atoms with Crippen LogP contribution in [0.5, 0.6) is 5.75 Å². The Labute approximate surface area is 262 Å². The number of carbonyl (C=O) groups is 2. The van der Waals surface area contributed by atoms with Gasteiger partial charge in [-0.2, -0.15) is 0 Å². The van der Waals surface area contributed by atoms with Crippen LogP contribution in [-0.2, 0) is 24.2 Å². The van der Waals surface area contributed by atoms with Gasteiger partial charge in [0, 0.05) is 29.8 Å². The fraction of sp³-hybridized carbons (Fsp3) is 0.250. The van der Waals surface area contributed by atoms with Crippen LogP contribution < -0.4 is 9.64 Å². The van der Waals surface area contributed by atoms with Gasteiger partial charge in [-0.25, -0.2) is 9.78 Å². The van der Waals surface area contributed by atoms with E-state index in [9.17, 15) is 9.59 Å². The van der Waals surface area contributed by atoms with Crippen molar-refractivity contribution in [3.63, 3.8) is 0 Å². The average molecular weight is 608 g/mol. The molecule has 8 heteroatoms. The van der Waals surface area contributed by atoms with Crippen molar-refractivity contribution in [1.29, 1.82) is 0 Å². The van der Waals surface area contributed by atoms with E-state index in [1.165, 1.54) is 0 Å². The van der Waals surface area contributed by atoms with Gasteiger partial charge >= 0.3 is 6.16 Å². The second-order valence-electron chi connectivity index (χ2n) is 12.0. The Morgan fingerprint density at radius 1 is 0.955 bits per heavy atom. The molecule has 0 unspecified atom stereocenters. The van der Waals surface area contributed by atoms with E-state index in [2.05, 4.69) is 23.6 Å². The fourth-order valence-electron chi connectivity index (χ4n) is 5.55. The highest BCUT2D eigenvalue weighted by Gasteiger charge is 2.29. The Hall–Kier alpha value is -4.62. The zero-order valence-corrected chi connectivity index (χ0v) is 26.0. The number of amides is 1. The van der Waals surface area contributed by atoms with Gasteiger partial charge in [0.25, 0.3) is 5.91 Å². The number of aryl methyl sites for hydroxylation is 1. The Balaban J connectivity index is 1.30. The second-order valence-corrected chi connectivity index (χ2v) is 12.4. The molecule has 1 amide bonds. The van der Waals surface area contributed by atoms with Crippen LogP contribution in [0.25, 0.3) is 22.2 Å². The summed E-state index contributed by atoms with van der Waals surface area (Å²) in [5, 5.41) is 0.523. The summed E-state index contributed by atoms with van der Waals surface area (Å²) in [4.78, 5) is 32.3. The minimum atomic E-state index is -0.741. The molecule has 1 aromatic heterocycles. The second kappa shape index (κ2) is 11.8. The maximum Gasteiger partial charge on any atom is 0.514 e. The van der Waals surface area contributed by atoms with Crippen molar-refractivity contribution in [1.82, 2.24) is 9.55 Å². The van der Waals surface area contributed by atoms with E-state index in [1.54, 1.807) is 31.7 Å². The molecule has 6 rings (SSSR count). The van der Waals surface area contributed by atoms with Gasteiger partial charge in [0.2, 0.25) is 0 Å². The number of ether oxygens (including phenoxy) is 2. The minimum absolute atomic E-state index is 0.0256. The molecule has 0 bridgehead atoms. The number of para-hydroxylation sites is 1. The number of imidazole rings is 1. The minimum Gasteiger partial charge on any atom is -0.428 e. The Kier molecular flexibility index (Phi) is 7.91. The zero-order chi connectivity index (χ0) is 31.0. The molecule has 0 saturated heterocycles. The first-order chi connectivity index (χ1) is 21.1. The first-order valence-corrected chi connectivity index (χ1v) is 15.2. The Bertz CT molecular complexity index is 1870. The summed E-state index contributed by atoms with van der Waals surface area (Å²) in [5.74, 6) is 1.35. The third-order valence-corrected chi connectivity index (χ3v) is 7.84. The van der Waals surface area contributed by atoms with Crippen LogP contribution in [-0.4, -0.2) is 27.2 Å². The van der Waals surface area contributed by atoms with E-state index in [0.717, 1.165) is 63.2 Å². The summed E-state index contributed by atoms with van der Waals surface area (Å²) in [6.45, 7) is 8.61. The highest BCUT2D eigenvalue weighted by Crippen LogP contribution is 2.36. The lowest BCUT2D eigenvalue weighted by Gasteiger charge is -2.19. The molecule has 0 atom stereocenters. The van der Waals surface area contributed by atoms with Crippen molar-refractivity contribution in [3.05, 3.63) is 112 Å². The van der Waals surface area contributed by atoms with E-state index in [-0.39, 0.29) is 5.91 Å². The monoisotopic (exact) mass is 607 g/mol. The van der Waals surface area contributed by atoms with E-state index >= 15 is 0 Å². The third-order valence-electron chi connectivity index (χ3n) is 7.55. The van der Waals surface area contributed by atoms with Gasteiger partial charge in [-0.1, -0.05) is 79.2 Å². The third kappa shape index (κ3) is 5.92. The smallest absolute Gasteiger partial charge is 0.428 e. The summed E-state index contributed by atoms with van der Waals surface area (Å²) in [7, 11) is 0. The number of rotatable bonds is 7. The van der Waals surface area contributed by atoms with E-state index in [0.29, 0.717) is 23.9 Å². The van der Waals surface area contributed by atoms with Crippen LogP contribution in [0.4, 0.5) is 10.5 Å². The Morgan fingerprint density at radius 2 is 1.66 bits per heavy atom. The number of aromatic nitrogens is 2. The van der Waals surface area contributed by atoms with Crippen molar-refractivity contribution in [2.45, 2.75) is 59.2 Å². The lowest BCUT2D eigenvalue weighted by Crippen LogP contribution is -2.26. The lowest BCUT2D eigenvalue weighted by molar-refractivity contribution is 0.0207. The zero-order valence-electron chi connectivity index (χ0n) is 25.3. The highest BCUT2D eigenvalue weighted by molar-refractivity contribution is 6.35. The number of benzene rings is 4. The number of halogens is 1. The molecule has 224 valence electrons. The fourth-order valence-corrected chi connectivity index (χ4v) is 5.80. The maximum absolute atomic E-state index is 13.2. The average Bonchev–Trinajstić information content (AvgIpc) is 3.50. The first kappa shape index (κ1) is 29.5. The van der Waals surface area contributed by atoms with Crippen molar-refractivity contribution < 1.29 is 19.1 Å². The van der Waals surface area contributed by atoms with Gasteiger partial charge in [0.1, 0.15) is 22.7 Å². The molecule has 1 aliphatic rings. The van der Waals surface area contributed by atoms with Gasteiger partial charge in [0.05, 0.1) is 17.1 Å². The molecule has 0 aliphatic carbocycles. The highest BCUT2D eigenvalue weighted by atomic mass is 35.5. The van der Waals surface area contributed by atoms with E-state index in [4.69, 9.17) is 26.1 Å². The summed E-state index contributed by atoms with van der Waals surface area (Å²) >= 11 is 6.80. The van der Waals surface area contributed by atoms with Crippen LogP contribution in [0.2, 0.25) is 5.02 Å². The largest absolute Gasteiger partial charge is 0.514 e. The van der Waals surface area contributed by atoms with Gasteiger partial charge < -0.3 is 18.9 Å². The molecule has 44 heavy (non-hydrogen) atoms. The topological polar surface area (TPSA) is 73.7 Å². The molecule has 5 aromatic rings. The summed E-state index contributed by atoms with van der Waals surface area (Å²) in [5.41, 5.74) is 6.22. The Morgan fingerprint density at radius 3 is 2.36 bits per heavy atom. The predicted molar refractivity (Wildman–Crippen MR) is 174 cm³/mol. The molecule has 0 saturated carbocycles. The van der Waals surface area contributed by atoms with Crippen LogP contribution in [0.15, 0.2) is 84.9 Å². The van der Waals surface area contributed by atoms with Crippen LogP contribution >= 0.6 is 11.6 Å². The van der Waals surface area contributed by atoms with Crippen molar-refractivity contribution in [3.8, 4) is 16.9 Å². The molecule has 0 N–H and O–H groups in total. The molecular weight excluding hydrogens is 574 g/mol. The van der Waals surface area contributed by atoms with Crippen LogP contribution in [0.3, 0.4) is 0 Å². The van der Waals surface area contributed by atoms with Crippen molar-refractivity contribution in [2.75, 3.05) is 4.90 Å². The molecule has 2 heterocycles. The molecular formula is C36H34ClN3O4. The number of hydrogen-bond donors (Lipinski definition) is 0. The van der Waals surface area contributed by atoms with Gasteiger partial charge in [-0.15, -0.1) is 0 Å². The standard InChI is InChI=1S/C36H34ClN3O4/c1-5-10-32-38-33-29(37)19-26(39-22-25-11-6-7-13-28(25)34(39)41)20-30(33)40(32)21-23-15-17-24(18-16-23)27-12-8-9-14-31(27)43-35(42)44-36(2,3)4/h6-9,11-20H,5,10,21-22H2,1-4H3. The van der Waals surface area contributed by atoms with E-state index < -0.39 is 11.8 Å². The number of nitrogens with zero attached hydrogens (tertiary/aromatic N) is 3.